The van der Waals surface area contributed by atoms with Gasteiger partial charge in [-0.1, -0.05) is 19.1 Å². The van der Waals surface area contributed by atoms with Crippen LogP contribution in [0.5, 0.6) is 0 Å². The smallest absolute Gasteiger partial charge is 0.240 e. The van der Waals surface area contributed by atoms with Crippen LogP contribution in [-0.4, -0.2) is 25.7 Å². The highest BCUT2D eigenvalue weighted by molar-refractivity contribution is 7.89. The number of carbonyl (C=O) groups is 1. The molecular weight excluding hydrogens is 320 g/mol. The van der Waals surface area contributed by atoms with Crippen molar-refractivity contribution in [2.24, 2.45) is 0 Å². The van der Waals surface area contributed by atoms with Crippen molar-refractivity contribution in [1.29, 1.82) is 0 Å². The maximum absolute atomic E-state index is 12.2. The van der Waals surface area contributed by atoms with Gasteiger partial charge in [0.2, 0.25) is 10.0 Å². The summed E-state index contributed by atoms with van der Waals surface area (Å²) < 4.78 is 27.1. The van der Waals surface area contributed by atoms with Gasteiger partial charge < -0.3 is 0 Å². The Balaban J connectivity index is 2.06. The summed E-state index contributed by atoms with van der Waals surface area (Å²) in [6, 6.07) is 5.92. The van der Waals surface area contributed by atoms with Crippen LogP contribution in [0.4, 0.5) is 0 Å². The fraction of sp³-hybridized carbons (Fsp3) is 0.333. The molecular formula is C15H18N2O3S2. The molecule has 0 spiro atoms. The Morgan fingerprint density at radius 3 is 2.45 bits per heavy atom. The molecule has 118 valence electrons. The van der Waals surface area contributed by atoms with Crippen LogP contribution < -0.4 is 4.72 Å². The molecule has 2 aromatic rings. The monoisotopic (exact) mass is 338 g/mol. The number of thiazole rings is 1. The van der Waals surface area contributed by atoms with Gasteiger partial charge in [0, 0.05) is 29.1 Å². The zero-order valence-corrected chi connectivity index (χ0v) is 14.3. The van der Waals surface area contributed by atoms with Crippen LogP contribution in [-0.2, 0) is 10.0 Å². The van der Waals surface area contributed by atoms with E-state index >= 15 is 0 Å². The number of ketones is 1. The molecule has 0 bridgehead atoms. The van der Waals surface area contributed by atoms with Crippen molar-refractivity contribution < 1.29 is 13.2 Å². The molecule has 1 heterocycles. The van der Waals surface area contributed by atoms with Crippen LogP contribution in [0.1, 0.15) is 40.0 Å². The predicted molar refractivity (Wildman–Crippen MR) is 86.9 cm³/mol. The SMILES string of the molecule is CC(=O)c1ccc(S(=O)(=O)NC[C@H](C)c2ncc(C)s2)cc1. The van der Waals surface area contributed by atoms with E-state index in [-0.39, 0.29) is 23.1 Å². The molecule has 1 N–H and O–H groups in total. The van der Waals surface area contributed by atoms with Crippen LogP contribution in [0.3, 0.4) is 0 Å². The fourth-order valence-corrected chi connectivity index (χ4v) is 3.83. The van der Waals surface area contributed by atoms with Gasteiger partial charge in [-0.05, 0) is 26.0 Å². The van der Waals surface area contributed by atoms with Crippen LogP contribution in [0, 0.1) is 6.92 Å². The minimum absolute atomic E-state index is 0.00460. The lowest BCUT2D eigenvalue weighted by molar-refractivity contribution is 0.101. The van der Waals surface area contributed by atoms with E-state index in [0.29, 0.717) is 5.56 Å². The van der Waals surface area contributed by atoms with Gasteiger partial charge >= 0.3 is 0 Å². The summed E-state index contributed by atoms with van der Waals surface area (Å²) in [6.07, 6.45) is 1.78. The van der Waals surface area contributed by atoms with Gasteiger partial charge in [0.25, 0.3) is 0 Å². The number of carbonyl (C=O) groups excluding carboxylic acids is 1. The molecule has 0 amide bonds. The summed E-state index contributed by atoms with van der Waals surface area (Å²) in [6.45, 7) is 5.62. The molecule has 0 saturated heterocycles. The second-order valence-electron chi connectivity index (χ2n) is 5.14. The van der Waals surface area contributed by atoms with Crippen molar-refractivity contribution >= 4 is 27.1 Å². The molecule has 1 aromatic carbocycles. The minimum atomic E-state index is -3.58. The first-order chi connectivity index (χ1) is 10.3. The van der Waals surface area contributed by atoms with Crippen LogP contribution in [0.15, 0.2) is 35.4 Å². The molecule has 22 heavy (non-hydrogen) atoms. The molecule has 2 rings (SSSR count). The molecule has 0 fully saturated rings. The Morgan fingerprint density at radius 1 is 1.32 bits per heavy atom. The molecule has 7 heteroatoms. The van der Waals surface area contributed by atoms with Gasteiger partial charge in [-0.25, -0.2) is 18.1 Å². The lowest BCUT2D eigenvalue weighted by Crippen LogP contribution is -2.27. The first-order valence-corrected chi connectivity index (χ1v) is 9.12. The predicted octanol–water partition coefficient (Wildman–Crippen LogP) is 2.74. The standard InChI is InChI=1S/C15H18N2O3S2/c1-10(15-16-9-11(2)21-15)8-17-22(19,20)14-6-4-13(5-7-14)12(3)18/h4-7,9-10,17H,8H2,1-3H3/t10-/m0/s1. The van der Waals surface area contributed by atoms with Crippen molar-refractivity contribution in [1.82, 2.24) is 9.71 Å². The first kappa shape index (κ1) is 16.8. The Bertz CT molecular complexity index is 764. The number of benzene rings is 1. The quantitative estimate of drug-likeness (QED) is 0.822. The number of sulfonamides is 1. The van der Waals surface area contributed by atoms with E-state index < -0.39 is 10.0 Å². The second kappa shape index (κ2) is 6.68. The van der Waals surface area contributed by atoms with Gasteiger partial charge in [0.05, 0.1) is 9.90 Å². The molecule has 0 radical (unpaired) electrons. The highest BCUT2D eigenvalue weighted by Gasteiger charge is 2.17. The number of Topliss-reactive ketones (excluding diaryl/α,β-unsaturated/α-hetero) is 1. The number of hydrogen-bond donors (Lipinski definition) is 1. The van der Waals surface area contributed by atoms with E-state index in [1.165, 1.54) is 31.2 Å². The Hall–Kier alpha value is -1.57. The van der Waals surface area contributed by atoms with Crippen LogP contribution >= 0.6 is 11.3 Å². The average Bonchev–Trinajstić information content (AvgIpc) is 2.91. The molecule has 1 aromatic heterocycles. The third-order valence-corrected chi connectivity index (χ3v) is 5.80. The molecule has 0 unspecified atom stereocenters. The summed E-state index contributed by atoms with van der Waals surface area (Å²) >= 11 is 1.56. The largest absolute Gasteiger partial charge is 0.295 e. The van der Waals surface area contributed by atoms with Crippen LogP contribution in [0.25, 0.3) is 0 Å². The van der Waals surface area contributed by atoms with Crippen molar-refractivity contribution in [3.8, 4) is 0 Å². The third kappa shape index (κ3) is 4.00. The number of aromatic nitrogens is 1. The topological polar surface area (TPSA) is 76.1 Å². The minimum Gasteiger partial charge on any atom is -0.295 e. The average molecular weight is 338 g/mol. The van der Waals surface area contributed by atoms with E-state index in [4.69, 9.17) is 0 Å². The number of hydrogen-bond acceptors (Lipinski definition) is 5. The van der Waals surface area contributed by atoms with Gasteiger partial charge in [0.1, 0.15) is 0 Å². The Labute approximate surface area is 134 Å². The highest BCUT2D eigenvalue weighted by Crippen LogP contribution is 2.21. The molecule has 1 atom stereocenters. The summed E-state index contributed by atoms with van der Waals surface area (Å²) in [5, 5.41) is 0.909. The number of nitrogens with zero attached hydrogens (tertiary/aromatic N) is 1. The highest BCUT2D eigenvalue weighted by atomic mass is 32.2. The molecule has 0 aliphatic rings. The van der Waals surface area contributed by atoms with Gasteiger partial charge in [0.15, 0.2) is 5.78 Å². The van der Waals surface area contributed by atoms with Crippen LogP contribution in [0.2, 0.25) is 0 Å². The molecule has 5 nitrogen and oxygen atoms in total. The number of nitrogens with one attached hydrogen (secondary N) is 1. The van der Waals surface area contributed by atoms with E-state index in [1.807, 2.05) is 13.8 Å². The van der Waals surface area contributed by atoms with Crippen molar-refractivity contribution in [2.75, 3.05) is 6.54 Å². The zero-order valence-electron chi connectivity index (χ0n) is 12.7. The van der Waals surface area contributed by atoms with E-state index in [9.17, 15) is 13.2 Å². The normalized spacial score (nSPS) is 13.0. The number of aryl methyl sites for hydroxylation is 1. The lowest BCUT2D eigenvalue weighted by Gasteiger charge is -2.11. The van der Waals surface area contributed by atoms with Gasteiger partial charge in [-0.15, -0.1) is 11.3 Å². The van der Waals surface area contributed by atoms with Crippen molar-refractivity contribution in [3.63, 3.8) is 0 Å². The lowest BCUT2D eigenvalue weighted by atomic mass is 10.2. The first-order valence-electron chi connectivity index (χ1n) is 6.82. The Kier molecular flexibility index (Phi) is 5.10. The summed E-state index contributed by atoms with van der Waals surface area (Å²) in [5.74, 6) is -0.0883. The fourth-order valence-electron chi connectivity index (χ4n) is 1.87. The molecule has 0 aliphatic heterocycles. The van der Waals surface area contributed by atoms with Gasteiger partial charge in [-0.2, -0.15) is 0 Å². The van der Waals surface area contributed by atoms with Crippen molar-refractivity contribution in [3.05, 3.63) is 45.9 Å². The summed E-state index contributed by atoms with van der Waals surface area (Å²) in [5.41, 5.74) is 0.491. The second-order valence-corrected chi connectivity index (χ2v) is 8.18. The number of rotatable bonds is 6. The zero-order chi connectivity index (χ0) is 16.3. The maximum Gasteiger partial charge on any atom is 0.240 e. The summed E-state index contributed by atoms with van der Waals surface area (Å²) in [7, 11) is -3.58. The third-order valence-electron chi connectivity index (χ3n) is 3.21. The van der Waals surface area contributed by atoms with Crippen molar-refractivity contribution in [2.45, 2.75) is 31.6 Å². The van der Waals surface area contributed by atoms with E-state index in [1.54, 1.807) is 17.5 Å². The van der Waals surface area contributed by atoms with Gasteiger partial charge in [-0.3, -0.25) is 4.79 Å². The summed E-state index contributed by atoms with van der Waals surface area (Å²) in [4.78, 5) is 16.7. The Morgan fingerprint density at radius 2 is 1.95 bits per heavy atom. The van der Waals surface area contributed by atoms with E-state index in [2.05, 4.69) is 9.71 Å². The van der Waals surface area contributed by atoms with E-state index in [0.717, 1.165) is 9.88 Å². The molecule has 0 saturated carbocycles. The molecule has 0 aliphatic carbocycles. The maximum atomic E-state index is 12.2.